The van der Waals surface area contributed by atoms with E-state index in [4.69, 9.17) is 0 Å². The third kappa shape index (κ3) is 1.32. The molecule has 0 radical (unpaired) electrons. The monoisotopic (exact) mass is 181 g/mol. The van der Waals surface area contributed by atoms with Gasteiger partial charge in [-0.05, 0) is 40.5 Å². The van der Waals surface area contributed by atoms with Crippen LogP contribution in [0, 0.1) is 0 Å². The molecule has 0 bridgehead atoms. The molecule has 1 saturated carbocycles. The first-order valence-electron chi connectivity index (χ1n) is 5.78. The van der Waals surface area contributed by atoms with Gasteiger partial charge in [0.15, 0.2) is 0 Å². The Morgan fingerprint density at radius 1 is 1.08 bits per heavy atom. The predicted molar refractivity (Wildman–Crippen MR) is 56.9 cm³/mol. The first-order chi connectivity index (χ1) is 5.98. The summed E-state index contributed by atoms with van der Waals surface area (Å²) in [6, 6.07) is 0.841. The molecule has 1 aliphatic carbocycles. The lowest BCUT2D eigenvalue weighted by atomic mass is 9.86. The molecule has 1 heteroatoms. The van der Waals surface area contributed by atoms with Gasteiger partial charge in [-0.25, -0.2) is 0 Å². The molecule has 2 atom stereocenters. The highest BCUT2D eigenvalue weighted by atomic mass is 15.4. The van der Waals surface area contributed by atoms with Crippen LogP contribution in [0.15, 0.2) is 0 Å². The minimum absolute atomic E-state index is 0.386. The van der Waals surface area contributed by atoms with E-state index in [1.807, 2.05) is 0 Å². The zero-order valence-corrected chi connectivity index (χ0v) is 9.56. The van der Waals surface area contributed by atoms with Crippen molar-refractivity contribution in [2.24, 2.45) is 0 Å². The molecule has 2 aliphatic rings. The van der Waals surface area contributed by atoms with Crippen LogP contribution in [-0.4, -0.2) is 22.0 Å². The van der Waals surface area contributed by atoms with Crippen LogP contribution in [0.4, 0.5) is 0 Å². The molecule has 2 rings (SSSR count). The zero-order chi connectivity index (χ0) is 9.69. The molecule has 1 saturated heterocycles. The lowest BCUT2D eigenvalue weighted by Gasteiger charge is -2.29. The Morgan fingerprint density at radius 2 is 1.62 bits per heavy atom. The van der Waals surface area contributed by atoms with Crippen LogP contribution in [-0.2, 0) is 0 Å². The minimum atomic E-state index is 0.386. The average Bonchev–Trinajstić information content (AvgIpc) is 2.56. The van der Waals surface area contributed by atoms with Crippen molar-refractivity contribution in [3.63, 3.8) is 0 Å². The molecule has 1 heterocycles. The Balaban J connectivity index is 2.10. The topological polar surface area (TPSA) is 3.01 Å². The van der Waals surface area contributed by atoms with Crippen molar-refractivity contribution in [1.82, 2.24) is 4.90 Å². The highest BCUT2D eigenvalue weighted by Crippen LogP contribution is 2.54. The summed E-state index contributed by atoms with van der Waals surface area (Å²) in [7, 11) is 0. The summed E-state index contributed by atoms with van der Waals surface area (Å²) in [5.41, 5.74) is 1.01. The van der Waals surface area contributed by atoms with Gasteiger partial charge in [0.2, 0.25) is 0 Å². The normalized spacial score (nSPS) is 37.8. The van der Waals surface area contributed by atoms with Crippen molar-refractivity contribution in [2.45, 2.75) is 76.9 Å². The molecule has 1 aliphatic heterocycles. The first-order valence-corrected chi connectivity index (χ1v) is 5.78. The summed E-state index contributed by atoms with van der Waals surface area (Å²) in [4.78, 5) is 2.74. The van der Waals surface area contributed by atoms with E-state index < -0.39 is 0 Å². The first kappa shape index (κ1) is 9.51. The van der Waals surface area contributed by atoms with Crippen LogP contribution in [0.5, 0.6) is 0 Å². The van der Waals surface area contributed by atoms with Crippen LogP contribution in [0.1, 0.15) is 59.8 Å². The summed E-state index contributed by atoms with van der Waals surface area (Å²) in [5, 5.41) is 0. The number of hydrogen-bond acceptors (Lipinski definition) is 1. The lowest BCUT2D eigenvalue weighted by Crippen LogP contribution is -2.34. The van der Waals surface area contributed by atoms with Crippen LogP contribution in [0.2, 0.25) is 0 Å². The Labute approximate surface area is 82.5 Å². The Hall–Kier alpha value is -0.0400. The largest absolute Gasteiger partial charge is 0.287 e. The molecule has 0 aromatic heterocycles. The van der Waals surface area contributed by atoms with Crippen LogP contribution >= 0.6 is 0 Å². The van der Waals surface area contributed by atoms with E-state index in [9.17, 15) is 0 Å². The standard InChI is InChI=1S/C12H23N/c1-10-12(8-6-5-7-9-12)13(10)11(2,3)4/h10H,5-9H2,1-4H3. The quantitative estimate of drug-likeness (QED) is 0.519. The smallest absolute Gasteiger partial charge is 0.0371 e. The van der Waals surface area contributed by atoms with Gasteiger partial charge in [0.1, 0.15) is 0 Å². The Bertz CT molecular complexity index is 196. The summed E-state index contributed by atoms with van der Waals surface area (Å²) in [5.74, 6) is 0. The minimum Gasteiger partial charge on any atom is -0.287 e. The molecular formula is C12H23N. The van der Waals surface area contributed by atoms with E-state index in [2.05, 4.69) is 32.6 Å². The van der Waals surface area contributed by atoms with Gasteiger partial charge in [0.25, 0.3) is 0 Å². The van der Waals surface area contributed by atoms with E-state index >= 15 is 0 Å². The van der Waals surface area contributed by atoms with Crippen molar-refractivity contribution in [3.8, 4) is 0 Å². The number of nitrogens with zero attached hydrogens (tertiary/aromatic N) is 1. The van der Waals surface area contributed by atoms with Crippen molar-refractivity contribution >= 4 is 0 Å². The van der Waals surface area contributed by atoms with Gasteiger partial charge in [-0.3, -0.25) is 4.90 Å². The second-order valence-electron chi connectivity index (χ2n) is 5.88. The fourth-order valence-corrected chi connectivity index (χ4v) is 3.60. The highest BCUT2D eigenvalue weighted by molar-refractivity contribution is 5.19. The van der Waals surface area contributed by atoms with Gasteiger partial charge < -0.3 is 0 Å². The van der Waals surface area contributed by atoms with E-state index in [-0.39, 0.29) is 0 Å². The molecule has 0 aromatic carbocycles. The van der Waals surface area contributed by atoms with E-state index in [0.29, 0.717) is 11.1 Å². The molecule has 2 fully saturated rings. The second kappa shape index (κ2) is 2.73. The summed E-state index contributed by atoms with van der Waals surface area (Å²) < 4.78 is 0. The zero-order valence-electron chi connectivity index (χ0n) is 9.56. The Kier molecular flexibility index (Phi) is 1.99. The van der Waals surface area contributed by atoms with Crippen LogP contribution in [0.25, 0.3) is 0 Å². The molecule has 1 spiro atoms. The summed E-state index contributed by atoms with van der Waals surface area (Å²) in [6.45, 7) is 9.48. The molecule has 0 N–H and O–H groups in total. The molecule has 13 heavy (non-hydrogen) atoms. The van der Waals surface area contributed by atoms with Gasteiger partial charge in [-0.15, -0.1) is 0 Å². The maximum Gasteiger partial charge on any atom is 0.0371 e. The number of rotatable bonds is 0. The molecule has 2 unspecified atom stereocenters. The summed E-state index contributed by atoms with van der Waals surface area (Å²) >= 11 is 0. The molecule has 76 valence electrons. The third-order valence-corrected chi connectivity index (χ3v) is 4.02. The van der Waals surface area contributed by atoms with Crippen LogP contribution in [0.3, 0.4) is 0 Å². The Morgan fingerprint density at radius 3 is 2.00 bits per heavy atom. The predicted octanol–water partition coefficient (Wildman–Crippen LogP) is 3.19. The second-order valence-corrected chi connectivity index (χ2v) is 5.88. The van der Waals surface area contributed by atoms with E-state index in [1.54, 1.807) is 0 Å². The van der Waals surface area contributed by atoms with Gasteiger partial charge in [-0.2, -0.15) is 0 Å². The molecular weight excluding hydrogens is 158 g/mol. The molecule has 1 nitrogen and oxygen atoms in total. The fourth-order valence-electron chi connectivity index (χ4n) is 3.60. The van der Waals surface area contributed by atoms with Gasteiger partial charge in [0, 0.05) is 17.1 Å². The van der Waals surface area contributed by atoms with Crippen molar-refractivity contribution < 1.29 is 0 Å². The van der Waals surface area contributed by atoms with Gasteiger partial charge >= 0.3 is 0 Å². The molecule has 0 aromatic rings. The van der Waals surface area contributed by atoms with Gasteiger partial charge in [0.05, 0.1) is 0 Å². The van der Waals surface area contributed by atoms with Gasteiger partial charge in [-0.1, -0.05) is 19.3 Å². The maximum atomic E-state index is 2.74. The maximum absolute atomic E-state index is 2.74. The SMILES string of the molecule is CC1N(C(C)(C)C)C12CCCCC2. The van der Waals surface area contributed by atoms with Crippen LogP contribution < -0.4 is 0 Å². The van der Waals surface area contributed by atoms with Crippen molar-refractivity contribution in [2.75, 3.05) is 0 Å². The average molecular weight is 181 g/mol. The lowest BCUT2D eigenvalue weighted by molar-refractivity contribution is 0.205. The third-order valence-electron chi connectivity index (χ3n) is 4.02. The van der Waals surface area contributed by atoms with Crippen molar-refractivity contribution in [1.29, 1.82) is 0 Å². The fraction of sp³-hybridized carbons (Fsp3) is 1.00. The summed E-state index contributed by atoms with van der Waals surface area (Å²) in [6.07, 6.45) is 7.27. The van der Waals surface area contributed by atoms with E-state index in [0.717, 1.165) is 6.04 Å². The van der Waals surface area contributed by atoms with E-state index in [1.165, 1.54) is 32.1 Å². The highest BCUT2D eigenvalue weighted by Gasteiger charge is 2.62. The molecule has 0 amide bonds. The van der Waals surface area contributed by atoms with Crippen molar-refractivity contribution in [3.05, 3.63) is 0 Å². The number of hydrogen-bond donors (Lipinski definition) is 0.